The third kappa shape index (κ3) is 8.84. The van der Waals surface area contributed by atoms with E-state index in [9.17, 15) is 19.0 Å². The van der Waals surface area contributed by atoms with Crippen LogP contribution in [-0.4, -0.2) is 49.5 Å². The summed E-state index contributed by atoms with van der Waals surface area (Å²) in [7, 11) is 0. The number of benzene rings is 2. The van der Waals surface area contributed by atoms with Crippen LogP contribution < -0.4 is 9.80 Å². The van der Waals surface area contributed by atoms with Crippen LogP contribution in [-0.2, 0) is 0 Å². The van der Waals surface area contributed by atoms with Gasteiger partial charge in [-0.3, -0.25) is 0 Å². The molecule has 4 rings (SSSR count). The van der Waals surface area contributed by atoms with Crippen LogP contribution >= 0.6 is 0 Å². The summed E-state index contributed by atoms with van der Waals surface area (Å²) in [5.41, 5.74) is 1.53. The lowest BCUT2D eigenvalue weighted by atomic mass is 9.84. The second-order valence-corrected chi connectivity index (χ2v) is 11.8. The molecule has 38 heavy (non-hydrogen) atoms. The molecule has 2 aromatic rings. The minimum absolute atomic E-state index is 0.0237. The fourth-order valence-corrected chi connectivity index (χ4v) is 6.64. The molecule has 2 aliphatic heterocycles. The Bertz CT molecular complexity index is 846. The predicted molar refractivity (Wildman–Crippen MR) is 147 cm³/mol. The highest BCUT2D eigenvalue weighted by Crippen LogP contribution is 2.31. The van der Waals surface area contributed by atoms with Crippen LogP contribution in [0, 0.1) is 23.5 Å². The summed E-state index contributed by atoms with van der Waals surface area (Å²) in [5.74, 6) is -0.539. The first-order valence-corrected chi connectivity index (χ1v) is 15.0. The standard InChI is InChI=1S/C32H46F2N2O2/c33-29-15-11-25(12-16-29)31(37)27(23-35-19-5-1-2-6-20-35)9-10-28(24-36-21-7-3-4-8-22-36)32(38)26-13-17-30(34)18-14-26/h11-18,27-28,31-32,37-38H,1-10,19-24H2/p+2. The maximum absolute atomic E-state index is 13.6. The summed E-state index contributed by atoms with van der Waals surface area (Å²) < 4.78 is 27.2. The van der Waals surface area contributed by atoms with Crippen molar-refractivity contribution in [1.82, 2.24) is 0 Å². The molecule has 0 bridgehead atoms. The van der Waals surface area contributed by atoms with Gasteiger partial charge in [-0.15, -0.1) is 0 Å². The van der Waals surface area contributed by atoms with Gasteiger partial charge >= 0.3 is 0 Å². The second-order valence-electron chi connectivity index (χ2n) is 11.8. The number of rotatable bonds is 11. The van der Waals surface area contributed by atoms with Gasteiger partial charge < -0.3 is 20.0 Å². The van der Waals surface area contributed by atoms with E-state index in [1.165, 1.54) is 75.6 Å². The quantitative estimate of drug-likeness (QED) is 0.359. The van der Waals surface area contributed by atoms with E-state index in [0.29, 0.717) is 0 Å². The number of halogens is 2. The molecule has 210 valence electrons. The van der Waals surface area contributed by atoms with Crippen LogP contribution in [0.2, 0.25) is 0 Å². The molecule has 0 saturated carbocycles. The van der Waals surface area contributed by atoms with Gasteiger partial charge in [0.05, 0.1) is 51.5 Å². The maximum Gasteiger partial charge on any atom is 0.123 e. The van der Waals surface area contributed by atoms with E-state index < -0.39 is 12.2 Å². The lowest BCUT2D eigenvalue weighted by Gasteiger charge is -2.31. The SMILES string of the molecule is OC(c1ccc(F)cc1)C(CCC(C[NH+]1CCCCCC1)C(O)c1ccc(F)cc1)C[NH+]1CCCCCC1. The summed E-state index contributed by atoms with van der Waals surface area (Å²) in [6.07, 6.45) is 10.2. The maximum atomic E-state index is 13.6. The largest absolute Gasteiger partial charge is 0.388 e. The zero-order valence-corrected chi connectivity index (χ0v) is 22.9. The Morgan fingerprint density at radius 2 is 0.842 bits per heavy atom. The summed E-state index contributed by atoms with van der Waals surface area (Å²) >= 11 is 0. The van der Waals surface area contributed by atoms with Crippen LogP contribution in [0.4, 0.5) is 8.78 Å². The molecule has 0 aliphatic carbocycles. The molecular formula is C32H48F2N2O2+2. The second kappa shape index (κ2) is 15.1. The first-order valence-electron chi connectivity index (χ1n) is 15.0. The highest BCUT2D eigenvalue weighted by molar-refractivity contribution is 5.20. The van der Waals surface area contributed by atoms with Crippen LogP contribution in [0.5, 0.6) is 0 Å². The molecule has 4 unspecified atom stereocenters. The lowest BCUT2D eigenvalue weighted by molar-refractivity contribution is -0.904. The Balaban J connectivity index is 1.51. The monoisotopic (exact) mass is 530 g/mol. The van der Waals surface area contributed by atoms with Crippen molar-refractivity contribution in [2.24, 2.45) is 11.8 Å². The van der Waals surface area contributed by atoms with E-state index in [4.69, 9.17) is 0 Å². The van der Waals surface area contributed by atoms with Gasteiger partial charge in [-0.05, 0) is 99.6 Å². The molecule has 4 atom stereocenters. The molecule has 2 heterocycles. The zero-order chi connectivity index (χ0) is 26.7. The first kappa shape index (κ1) is 29.1. The summed E-state index contributed by atoms with van der Waals surface area (Å²) in [6, 6.07) is 12.5. The molecule has 4 nitrogen and oxygen atoms in total. The van der Waals surface area contributed by atoms with E-state index in [-0.39, 0.29) is 23.5 Å². The van der Waals surface area contributed by atoms with Gasteiger partial charge in [-0.1, -0.05) is 24.3 Å². The average Bonchev–Trinajstić information content (AvgIpc) is 3.35. The average molecular weight is 531 g/mol. The summed E-state index contributed by atoms with van der Waals surface area (Å²) in [5, 5.41) is 23.0. The van der Waals surface area contributed by atoms with E-state index in [0.717, 1.165) is 63.2 Å². The minimum atomic E-state index is -0.666. The van der Waals surface area contributed by atoms with Crippen LogP contribution in [0.1, 0.15) is 87.5 Å². The number of aliphatic hydroxyl groups is 2. The van der Waals surface area contributed by atoms with Crippen LogP contribution in [0.15, 0.2) is 48.5 Å². The van der Waals surface area contributed by atoms with E-state index in [1.807, 2.05) is 0 Å². The number of hydrogen-bond acceptors (Lipinski definition) is 2. The van der Waals surface area contributed by atoms with Crippen molar-refractivity contribution in [1.29, 1.82) is 0 Å². The molecule has 0 aromatic heterocycles. The smallest absolute Gasteiger partial charge is 0.123 e. The van der Waals surface area contributed by atoms with Gasteiger partial charge in [-0.25, -0.2) is 8.78 Å². The van der Waals surface area contributed by atoms with Crippen LogP contribution in [0.3, 0.4) is 0 Å². The molecular weight excluding hydrogens is 482 g/mol. The fraction of sp³-hybridized carbons (Fsp3) is 0.625. The predicted octanol–water partition coefficient (Wildman–Crippen LogP) is 3.66. The summed E-state index contributed by atoms with van der Waals surface area (Å²) in [6.45, 7) is 6.29. The first-order chi connectivity index (χ1) is 18.5. The van der Waals surface area contributed by atoms with E-state index >= 15 is 0 Å². The van der Waals surface area contributed by atoms with Gasteiger partial charge in [0.2, 0.25) is 0 Å². The Kier molecular flexibility index (Phi) is 11.5. The number of nitrogens with one attached hydrogen (secondary N) is 2. The molecule has 6 heteroatoms. The van der Waals surface area contributed by atoms with E-state index in [1.54, 1.807) is 34.1 Å². The van der Waals surface area contributed by atoms with Crippen molar-refractivity contribution < 1.29 is 28.8 Å². The molecule has 2 fully saturated rings. The molecule has 4 N–H and O–H groups in total. The van der Waals surface area contributed by atoms with Crippen molar-refractivity contribution in [3.05, 3.63) is 71.3 Å². The topological polar surface area (TPSA) is 49.3 Å². The minimum Gasteiger partial charge on any atom is -0.388 e. The van der Waals surface area contributed by atoms with Crippen molar-refractivity contribution in [3.63, 3.8) is 0 Å². The van der Waals surface area contributed by atoms with Crippen molar-refractivity contribution in [2.75, 3.05) is 39.3 Å². The van der Waals surface area contributed by atoms with Crippen molar-refractivity contribution >= 4 is 0 Å². The molecule has 2 aromatic carbocycles. The highest BCUT2D eigenvalue weighted by atomic mass is 19.1. The summed E-state index contributed by atoms with van der Waals surface area (Å²) in [4.78, 5) is 3.09. The van der Waals surface area contributed by atoms with Gasteiger partial charge in [0.15, 0.2) is 0 Å². The third-order valence-corrected chi connectivity index (χ3v) is 8.95. The van der Waals surface area contributed by atoms with Gasteiger partial charge in [0, 0.05) is 11.8 Å². The zero-order valence-electron chi connectivity index (χ0n) is 22.9. The Hall–Kier alpha value is -1.86. The highest BCUT2D eigenvalue weighted by Gasteiger charge is 2.31. The normalized spacial score (nSPS) is 21.3. The van der Waals surface area contributed by atoms with Gasteiger partial charge in [-0.2, -0.15) is 0 Å². The van der Waals surface area contributed by atoms with Crippen LogP contribution in [0.25, 0.3) is 0 Å². The number of hydrogen-bond donors (Lipinski definition) is 4. The van der Waals surface area contributed by atoms with Gasteiger partial charge in [0.25, 0.3) is 0 Å². The number of likely N-dealkylation sites (tertiary alicyclic amines) is 2. The molecule has 0 radical (unpaired) electrons. The molecule has 2 aliphatic rings. The Morgan fingerprint density at radius 3 is 1.16 bits per heavy atom. The molecule has 0 spiro atoms. The Morgan fingerprint density at radius 1 is 0.526 bits per heavy atom. The van der Waals surface area contributed by atoms with Gasteiger partial charge in [0.1, 0.15) is 11.6 Å². The Labute approximate surface area is 227 Å². The third-order valence-electron chi connectivity index (χ3n) is 8.95. The van der Waals surface area contributed by atoms with Crippen molar-refractivity contribution in [3.8, 4) is 0 Å². The fourth-order valence-electron chi connectivity index (χ4n) is 6.64. The number of quaternary nitrogens is 2. The lowest BCUT2D eigenvalue weighted by Crippen LogP contribution is -3.12. The molecule has 0 amide bonds. The number of aliphatic hydroxyl groups excluding tert-OH is 2. The van der Waals surface area contributed by atoms with E-state index in [2.05, 4.69) is 0 Å². The molecule has 2 saturated heterocycles. The van der Waals surface area contributed by atoms with Crippen molar-refractivity contribution in [2.45, 2.75) is 76.4 Å².